The van der Waals surface area contributed by atoms with Gasteiger partial charge in [0.15, 0.2) is 0 Å². The van der Waals surface area contributed by atoms with Crippen molar-refractivity contribution in [2.45, 2.75) is 38.3 Å². The molecule has 3 heterocycles. The predicted molar refractivity (Wildman–Crippen MR) is 82.6 cm³/mol. The number of carbonyl (C=O) groups excluding carboxylic acids is 1. The first-order valence-electron chi connectivity index (χ1n) is 8.46. The number of hydrogen-bond acceptors (Lipinski definition) is 2. The molecular weight excluding hydrogens is 279 g/mol. The van der Waals surface area contributed by atoms with E-state index in [1.165, 1.54) is 6.42 Å². The van der Waals surface area contributed by atoms with Crippen molar-refractivity contribution in [3.8, 4) is 0 Å². The Morgan fingerprint density at radius 3 is 2.91 bits per heavy atom. The van der Waals surface area contributed by atoms with Crippen molar-refractivity contribution in [3.05, 3.63) is 35.6 Å². The van der Waals surface area contributed by atoms with E-state index in [2.05, 4.69) is 9.80 Å². The fourth-order valence-electron chi connectivity index (χ4n) is 4.71. The summed E-state index contributed by atoms with van der Waals surface area (Å²) in [5, 5.41) is 0. The molecule has 3 atom stereocenters. The molecule has 22 heavy (non-hydrogen) atoms. The number of likely N-dealkylation sites (tertiary alicyclic amines) is 1. The molecule has 3 nitrogen and oxygen atoms in total. The van der Waals surface area contributed by atoms with Crippen molar-refractivity contribution in [1.29, 1.82) is 0 Å². The van der Waals surface area contributed by atoms with Crippen LogP contribution in [-0.2, 0) is 11.3 Å². The highest BCUT2D eigenvalue weighted by Crippen LogP contribution is 2.38. The monoisotopic (exact) mass is 302 g/mol. The molecule has 0 N–H and O–H groups in total. The molecule has 3 saturated heterocycles. The zero-order valence-electron chi connectivity index (χ0n) is 12.9. The molecule has 0 saturated carbocycles. The molecule has 0 unspecified atom stereocenters. The topological polar surface area (TPSA) is 23.6 Å². The molecule has 4 rings (SSSR count). The van der Waals surface area contributed by atoms with Crippen LogP contribution in [0.15, 0.2) is 24.3 Å². The highest BCUT2D eigenvalue weighted by atomic mass is 19.1. The van der Waals surface area contributed by atoms with Gasteiger partial charge in [-0.1, -0.05) is 18.2 Å². The first kappa shape index (κ1) is 14.2. The van der Waals surface area contributed by atoms with Gasteiger partial charge in [-0.2, -0.15) is 0 Å². The molecule has 1 amide bonds. The Kier molecular flexibility index (Phi) is 3.65. The van der Waals surface area contributed by atoms with E-state index in [1.807, 2.05) is 12.1 Å². The third-order valence-electron chi connectivity index (χ3n) is 5.61. The molecular formula is C18H23FN2O. The fourth-order valence-corrected chi connectivity index (χ4v) is 4.71. The molecule has 2 bridgehead atoms. The van der Waals surface area contributed by atoms with Gasteiger partial charge in [-0.25, -0.2) is 4.39 Å². The van der Waals surface area contributed by atoms with E-state index in [9.17, 15) is 9.18 Å². The normalized spacial score (nSPS) is 32.0. The summed E-state index contributed by atoms with van der Waals surface area (Å²) < 4.78 is 13.9. The number of fused-ring (bicyclic) bond motifs is 4. The highest BCUT2D eigenvalue weighted by molar-refractivity contribution is 5.77. The van der Waals surface area contributed by atoms with Gasteiger partial charge in [0, 0.05) is 44.2 Å². The Balaban J connectivity index is 1.48. The van der Waals surface area contributed by atoms with Crippen LogP contribution in [0, 0.1) is 17.7 Å². The second-order valence-electron chi connectivity index (χ2n) is 7.15. The van der Waals surface area contributed by atoms with Crippen molar-refractivity contribution in [3.63, 3.8) is 0 Å². The first-order chi connectivity index (χ1) is 10.7. The number of rotatable bonds is 2. The average molecular weight is 302 g/mol. The summed E-state index contributed by atoms with van der Waals surface area (Å²) in [5.74, 6) is 1.38. The maximum atomic E-state index is 13.9. The summed E-state index contributed by atoms with van der Waals surface area (Å²) in [5.41, 5.74) is 0.791. The van der Waals surface area contributed by atoms with Crippen LogP contribution in [0.1, 0.15) is 31.2 Å². The van der Waals surface area contributed by atoms with Gasteiger partial charge in [0.25, 0.3) is 0 Å². The molecule has 4 heteroatoms. The Morgan fingerprint density at radius 1 is 1.18 bits per heavy atom. The lowest BCUT2D eigenvalue weighted by atomic mass is 9.76. The number of halogens is 1. The quantitative estimate of drug-likeness (QED) is 0.838. The van der Waals surface area contributed by atoms with Gasteiger partial charge >= 0.3 is 0 Å². The molecule has 1 aromatic rings. The van der Waals surface area contributed by atoms with Crippen molar-refractivity contribution < 1.29 is 9.18 Å². The maximum absolute atomic E-state index is 13.9. The lowest BCUT2D eigenvalue weighted by molar-refractivity contribution is -0.145. The van der Waals surface area contributed by atoms with E-state index in [4.69, 9.17) is 0 Å². The zero-order chi connectivity index (χ0) is 15.1. The molecule has 0 spiro atoms. The molecule has 3 aliphatic heterocycles. The van der Waals surface area contributed by atoms with Crippen LogP contribution in [0.4, 0.5) is 4.39 Å². The first-order valence-corrected chi connectivity index (χ1v) is 8.46. The average Bonchev–Trinajstić information content (AvgIpc) is 2.51. The van der Waals surface area contributed by atoms with Crippen LogP contribution in [-0.4, -0.2) is 41.4 Å². The SMILES string of the molecule is O=C1CCC[C@H]2[C@H]3C[C@@H](CN(Cc4ccccc4F)C3)CN12. The van der Waals surface area contributed by atoms with Crippen LogP contribution in [0.25, 0.3) is 0 Å². The number of carbonyl (C=O) groups is 1. The van der Waals surface area contributed by atoms with E-state index < -0.39 is 0 Å². The van der Waals surface area contributed by atoms with E-state index in [0.717, 1.165) is 44.5 Å². The summed E-state index contributed by atoms with van der Waals surface area (Å²) in [7, 11) is 0. The van der Waals surface area contributed by atoms with E-state index in [1.54, 1.807) is 12.1 Å². The lowest BCUT2D eigenvalue weighted by Crippen LogP contribution is -2.60. The predicted octanol–water partition coefficient (Wildman–Crippen LogP) is 2.66. The minimum absolute atomic E-state index is 0.104. The van der Waals surface area contributed by atoms with Gasteiger partial charge in [0.2, 0.25) is 5.91 Å². The van der Waals surface area contributed by atoms with Crippen LogP contribution in [0.5, 0.6) is 0 Å². The molecule has 3 fully saturated rings. The van der Waals surface area contributed by atoms with E-state index in [-0.39, 0.29) is 5.82 Å². The lowest BCUT2D eigenvalue weighted by Gasteiger charge is -2.52. The smallest absolute Gasteiger partial charge is 0.222 e. The third-order valence-corrected chi connectivity index (χ3v) is 5.61. The van der Waals surface area contributed by atoms with Crippen LogP contribution < -0.4 is 0 Å². The Labute approximate surface area is 131 Å². The summed E-state index contributed by atoms with van der Waals surface area (Å²) in [6, 6.07) is 7.51. The molecule has 3 aliphatic rings. The van der Waals surface area contributed by atoms with Crippen LogP contribution >= 0.6 is 0 Å². The molecule has 0 aromatic heterocycles. The number of hydrogen-bond donors (Lipinski definition) is 0. The fraction of sp³-hybridized carbons (Fsp3) is 0.611. The largest absolute Gasteiger partial charge is 0.339 e. The summed E-state index contributed by atoms with van der Waals surface area (Å²) in [6.07, 6.45) is 4.16. The van der Waals surface area contributed by atoms with Crippen molar-refractivity contribution in [2.24, 2.45) is 11.8 Å². The second-order valence-corrected chi connectivity index (χ2v) is 7.15. The number of nitrogens with zero attached hydrogens (tertiary/aromatic N) is 2. The Bertz CT molecular complexity index is 576. The second kappa shape index (κ2) is 5.65. The Morgan fingerprint density at radius 2 is 2.05 bits per heavy atom. The zero-order valence-corrected chi connectivity index (χ0v) is 12.9. The number of piperidine rings is 3. The van der Waals surface area contributed by atoms with Gasteiger partial charge in [-0.3, -0.25) is 9.69 Å². The van der Waals surface area contributed by atoms with Gasteiger partial charge in [0.05, 0.1) is 0 Å². The van der Waals surface area contributed by atoms with Gasteiger partial charge < -0.3 is 4.90 Å². The van der Waals surface area contributed by atoms with E-state index >= 15 is 0 Å². The molecule has 0 aliphatic carbocycles. The standard InChI is InChI=1S/C18H23FN2O/c19-16-5-2-1-4-14(16)11-20-9-13-8-15(12-20)17-6-3-7-18(22)21(17)10-13/h1-2,4-5,13,15,17H,3,6-12H2/t13-,15-,17-/m0/s1. The molecule has 118 valence electrons. The number of amides is 1. The summed E-state index contributed by atoms with van der Waals surface area (Å²) >= 11 is 0. The van der Waals surface area contributed by atoms with Gasteiger partial charge in [0.1, 0.15) is 5.82 Å². The summed E-state index contributed by atoms with van der Waals surface area (Å²) in [4.78, 5) is 16.7. The van der Waals surface area contributed by atoms with E-state index in [0.29, 0.717) is 30.3 Å². The van der Waals surface area contributed by atoms with Crippen molar-refractivity contribution in [1.82, 2.24) is 9.80 Å². The molecule has 0 radical (unpaired) electrons. The van der Waals surface area contributed by atoms with Crippen LogP contribution in [0.2, 0.25) is 0 Å². The number of benzene rings is 1. The van der Waals surface area contributed by atoms with Gasteiger partial charge in [-0.15, -0.1) is 0 Å². The highest BCUT2D eigenvalue weighted by Gasteiger charge is 2.43. The Hall–Kier alpha value is -1.42. The van der Waals surface area contributed by atoms with Crippen molar-refractivity contribution >= 4 is 5.91 Å². The third kappa shape index (κ3) is 2.54. The van der Waals surface area contributed by atoms with Crippen molar-refractivity contribution in [2.75, 3.05) is 19.6 Å². The maximum Gasteiger partial charge on any atom is 0.222 e. The minimum atomic E-state index is -0.104. The molecule has 1 aromatic carbocycles. The minimum Gasteiger partial charge on any atom is -0.339 e. The van der Waals surface area contributed by atoms with Crippen LogP contribution in [0.3, 0.4) is 0 Å². The van der Waals surface area contributed by atoms with Gasteiger partial charge in [-0.05, 0) is 37.2 Å². The summed E-state index contributed by atoms with van der Waals surface area (Å²) in [6.45, 7) is 3.59.